The molecule has 1 aromatic carbocycles. The summed E-state index contributed by atoms with van der Waals surface area (Å²) in [6.45, 7) is 1.82. The Balaban J connectivity index is 0.00000169. The van der Waals surface area contributed by atoms with E-state index in [1.54, 1.807) is 18.2 Å². The normalized spacial score (nSPS) is 9.07. The molecule has 3 N–H and O–H groups in total. The number of halogens is 2. The Labute approximate surface area is 94.0 Å². The van der Waals surface area contributed by atoms with Crippen LogP contribution in [0.1, 0.15) is 5.56 Å². The van der Waals surface area contributed by atoms with Gasteiger partial charge in [0.05, 0.1) is 6.54 Å². The summed E-state index contributed by atoms with van der Waals surface area (Å²) < 4.78 is 0. The Kier molecular flexibility index (Phi) is 5.53. The molecule has 0 radical (unpaired) electrons. The summed E-state index contributed by atoms with van der Waals surface area (Å²) in [7, 11) is 0. The maximum atomic E-state index is 11.0. The van der Waals surface area contributed by atoms with Crippen molar-refractivity contribution in [3.8, 4) is 0 Å². The number of amides is 1. The monoisotopic (exact) mass is 234 g/mol. The van der Waals surface area contributed by atoms with Crippen LogP contribution in [0.25, 0.3) is 0 Å². The third-order valence-corrected chi connectivity index (χ3v) is 2.14. The summed E-state index contributed by atoms with van der Waals surface area (Å²) in [6, 6.07) is 5.34. The highest BCUT2D eigenvalue weighted by atomic mass is 35.5. The smallest absolute Gasteiger partial charge is 0.238 e. The van der Waals surface area contributed by atoms with E-state index in [-0.39, 0.29) is 24.9 Å². The molecule has 1 aromatic rings. The third kappa shape index (κ3) is 3.18. The van der Waals surface area contributed by atoms with Gasteiger partial charge in [-0.05, 0) is 24.6 Å². The van der Waals surface area contributed by atoms with Gasteiger partial charge < -0.3 is 11.1 Å². The molecular formula is C9H12Cl2N2O. The number of nitrogens with one attached hydrogen (secondary N) is 1. The molecule has 0 unspecified atom stereocenters. The van der Waals surface area contributed by atoms with E-state index in [4.69, 9.17) is 17.3 Å². The van der Waals surface area contributed by atoms with Crippen LogP contribution in [-0.2, 0) is 4.79 Å². The average Bonchev–Trinajstić information content (AvgIpc) is 2.13. The van der Waals surface area contributed by atoms with Crippen molar-refractivity contribution in [2.24, 2.45) is 5.73 Å². The van der Waals surface area contributed by atoms with E-state index in [1.165, 1.54) is 0 Å². The standard InChI is InChI=1S/C9H11ClN2O.ClH/c1-6-7(10)3-2-4-8(6)12-9(13)5-11;/h2-4H,5,11H2,1H3,(H,12,13);1H. The zero-order chi connectivity index (χ0) is 9.84. The van der Waals surface area contributed by atoms with Crippen molar-refractivity contribution in [2.75, 3.05) is 11.9 Å². The van der Waals surface area contributed by atoms with Gasteiger partial charge in [-0.15, -0.1) is 12.4 Å². The minimum absolute atomic E-state index is 0. The number of nitrogens with two attached hydrogens (primary N) is 1. The molecule has 0 atom stereocenters. The predicted octanol–water partition coefficient (Wildman–Crippen LogP) is 1.97. The van der Waals surface area contributed by atoms with E-state index in [0.29, 0.717) is 10.7 Å². The average molecular weight is 235 g/mol. The van der Waals surface area contributed by atoms with Gasteiger partial charge in [-0.25, -0.2) is 0 Å². The van der Waals surface area contributed by atoms with Crippen LogP contribution in [-0.4, -0.2) is 12.5 Å². The molecule has 3 nitrogen and oxygen atoms in total. The zero-order valence-corrected chi connectivity index (χ0v) is 9.28. The van der Waals surface area contributed by atoms with Gasteiger partial charge in [-0.2, -0.15) is 0 Å². The lowest BCUT2D eigenvalue weighted by Gasteiger charge is -2.07. The van der Waals surface area contributed by atoms with E-state index in [2.05, 4.69) is 5.32 Å². The Morgan fingerprint density at radius 1 is 1.57 bits per heavy atom. The molecule has 1 rings (SSSR count). The van der Waals surface area contributed by atoms with Crippen molar-refractivity contribution in [3.63, 3.8) is 0 Å². The van der Waals surface area contributed by atoms with Crippen molar-refractivity contribution in [1.29, 1.82) is 0 Å². The Hall–Kier alpha value is -0.770. The molecule has 0 aliphatic heterocycles. The van der Waals surface area contributed by atoms with Crippen LogP contribution in [0.2, 0.25) is 5.02 Å². The lowest BCUT2D eigenvalue weighted by atomic mass is 10.2. The van der Waals surface area contributed by atoms with Gasteiger partial charge in [0.1, 0.15) is 0 Å². The highest BCUT2D eigenvalue weighted by Crippen LogP contribution is 2.22. The number of benzene rings is 1. The van der Waals surface area contributed by atoms with Crippen LogP contribution >= 0.6 is 24.0 Å². The van der Waals surface area contributed by atoms with Crippen molar-refractivity contribution in [2.45, 2.75) is 6.92 Å². The van der Waals surface area contributed by atoms with Crippen LogP contribution in [0.5, 0.6) is 0 Å². The second kappa shape index (κ2) is 5.86. The second-order valence-electron chi connectivity index (χ2n) is 2.66. The molecule has 0 bridgehead atoms. The summed E-state index contributed by atoms with van der Waals surface area (Å²) in [4.78, 5) is 11.0. The van der Waals surface area contributed by atoms with Crippen molar-refractivity contribution < 1.29 is 4.79 Å². The van der Waals surface area contributed by atoms with Crippen LogP contribution in [0.4, 0.5) is 5.69 Å². The fraction of sp³-hybridized carbons (Fsp3) is 0.222. The largest absolute Gasteiger partial charge is 0.325 e. The quantitative estimate of drug-likeness (QED) is 0.823. The van der Waals surface area contributed by atoms with Gasteiger partial charge in [0, 0.05) is 10.7 Å². The molecule has 0 fully saturated rings. The molecule has 78 valence electrons. The second-order valence-corrected chi connectivity index (χ2v) is 3.07. The highest BCUT2D eigenvalue weighted by Gasteiger charge is 2.04. The summed E-state index contributed by atoms with van der Waals surface area (Å²) >= 11 is 5.86. The summed E-state index contributed by atoms with van der Waals surface area (Å²) in [5.74, 6) is -0.217. The number of hydrogen-bond acceptors (Lipinski definition) is 2. The van der Waals surface area contributed by atoms with E-state index in [1.807, 2.05) is 6.92 Å². The first-order valence-electron chi connectivity index (χ1n) is 3.90. The minimum Gasteiger partial charge on any atom is -0.325 e. The molecule has 0 aliphatic carbocycles. The van der Waals surface area contributed by atoms with Gasteiger partial charge in [0.15, 0.2) is 0 Å². The van der Waals surface area contributed by atoms with Crippen LogP contribution < -0.4 is 11.1 Å². The Bertz CT molecular complexity index is 329. The lowest BCUT2D eigenvalue weighted by Crippen LogP contribution is -2.22. The maximum absolute atomic E-state index is 11.0. The van der Waals surface area contributed by atoms with Gasteiger partial charge in [0.25, 0.3) is 0 Å². The van der Waals surface area contributed by atoms with E-state index >= 15 is 0 Å². The topological polar surface area (TPSA) is 55.1 Å². The van der Waals surface area contributed by atoms with Gasteiger partial charge in [0.2, 0.25) is 5.91 Å². The molecule has 14 heavy (non-hydrogen) atoms. The summed E-state index contributed by atoms with van der Waals surface area (Å²) in [6.07, 6.45) is 0. The van der Waals surface area contributed by atoms with Crippen molar-refractivity contribution >= 4 is 35.6 Å². The van der Waals surface area contributed by atoms with Gasteiger partial charge in [-0.1, -0.05) is 17.7 Å². The molecule has 0 aliphatic rings. The first kappa shape index (κ1) is 13.2. The van der Waals surface area contributed by atoms with Crippen LogP contribution in [0.15, 0.2) is 18.2 Å². The number of hydrogen-bond donors (Lipinski definition) is 2. The molecule has 5 heteroatoms. The SMILES string of the molecule is Cc1c(Cl)cccc1NC(=O)CN.Cl. The lowest BCUT2D eigenvalue weighted by molar-refractivity contribution is -0.114. The zero-order valence-electron chi connectivity index (χ0n) is 7.71. The predicted molar refractivity (Wildman–Crippen MR) is 61.1 cm³/mol. The van der Waals surface area contributed by atoms with Crippen LogP contribution in [0, 0.1) is 6.92 Å². The number of anilines is 1. The first-order valence-corrected chi connectivity index (χ1v) is 4.28. The van der Waals surface area contributed by atoms with E-state index in [0.717, 1.165) is 5.56 Å². The van der Waals surface area contributed by atoms with E-state index in [9.17, 15) is 4.79 Å². The first-order chi connectivity index (χ1) is 6.15. The Morgan fingerprint density at radius 3 is 2.79 bits per heavy atom. The van der Waals surface area contributed by atoms with Crippen LogP contribution in [0.3, 0.4) is 0 Å². The molecule has 1 amide bonds. The Morgan fingerprint density at radius 2 is 2.21 bits per heavy atom. The minimum atomic E-state index is -0.217. The number of rotatable bonds is 2. The molecule has 0 saturated heterocycles. The van der Waals surface area contributed by atoms with Crippen molar-refractivity contribution in [1.82, 2.24) is 0 Å². The third-order valence-electron chi connectivity index (χ3n) is 1.73. The molecule has 0 heterocycles. The van der Waals surface area contributed by atoms with Crippen molar-refractivity contribution in [3.05, 3.63) is 28.8 Å². The fourth-order valence-electron chi connectivity index (χ4n) is 0.944. The summed E-state index contributed by atoms with van der Waals surface area (Å²) in [5, 5.41) is 3.29. The summed E-state index contributed by atoms with van der Waals surface area (Å²) in [5.41, 5.74) is 6.73. The van der Waals surface area contributed by atoms with Gasteiger partial charge >= 0.3 is 0 Å². The molecule has 0 aromatic heterocycles. The maximum Gasteiger partial charge on any atom is 0.238 e. The van der Waals surface area contributed by atoms with Gasteiger partial charge in [-0.3, -0.25) is 4.79 Å². The fourth-order valence-corrected chi connectivity index (χ4v) is 1.12. The molecule has 0 saturated carbocycles. The molecular weight excluding hydrogens is 223 g/mol. The number of carbonyl (C=O) groups is 1. The highest BCUT2D eigenvalue weighted by molar-refractivity contribution is 6.31. The molecule has 0 spiro atoms. The van der Waals surface area contributed by atoms with E-state index < -0.39 is 0 Å². The number of carbonyl (C=O) groups excluding carboxylic acids is 1.